The number of aromatic nitrogens is 1. The molecule has 0 radical (unpaired) electrons. The molecule has 0 amide bonds. The Hall–Kier alpha value is -1.41. The Labute approximate surface area is 120 Å². The van der Waals surface area contributed by atoms with E-state index in [2.05, 4.69) is 31.0 Å². The second-order valence-electron chi connectivity index (χ2n) is 6.96. The van der Waals surface area contributed by atoms with Gasteiger partial charge in [-0.2, -0.15) is 0 Å². The maximum atomic E-state index is 11.1. The van der Waals surface area contributed by atoms with Crippen molar-refractivity contribution in [2.75, 3.05) is 0 Å². The van der Waals surface area contributed by atoms with Gasteiger partial charge < -0.3 is 5.11 Å². The van der Waals surface area contributed by atoms with E-state index in [1.54, 1.807) is 0 Å². The van der Waals surface area contributed by atoms with Gasteiger partial charge in [-0.15, -0.1) is 0 Å². The molecular weight excluding hydrogens is 246 g/mol. The molecule has 1 aliphatic carbocycles. The van der Waals surface area contributed by atoms with Crippen molar-refractivity contribution in [2.45, 2.75) is 51.6 Å². The molecule has 1 aliphatic rings. The van der Waals surface area contributed by atoms with E-state index in [1.807, 2.05) is 24.4 Å². The molecule has 1 heterocycles. The summed E-state index contributed by atoms with van der Waals surface area (Å²) in [5.74, 6) is 0. The zero-order valence-corrected chi connectivity index (χ0v) is 12.4. The minimum Gasteiger partial charge on any atom is -0.385 e. The lowest BCUT2D eigenvalue weighted by molar-refractivity contribution is 0.0181. The van der Waals surface area contributed by atoms with Gasteiger partial charge in [0.25, 0.3) is 0 Å². The fraction of sp³-hybridized carbons (Fsp3) is 0.500. The van der Waals surface area contributed by atoms with Crippen LogP contribution in [0.3, 0.4) is 0 Å². The molecule has 2 nitrogen and oxygen atoms in total. The molecule has 0 aliphatic heterocycles. The molecule has 0 saturated heterocycles. The van der Waals surface area contributed by atoms with Crippen LogP contribution < -0.4 is 0 Å². The van der Waals surface area contributed by atoms with Crippen molar-refractivity contribution >= 4 is 10.9 Å². The highest BCUT2D eigenvalue weighted by atomic mass is 16.3. The minimum atomic E-state index is -0.669. The number of fused-ring (bicyclic) bond motifs is 1. The van der Waals surface area contributed by atoms with Crippen LogP contribution in [0.25, 0.3) is 10.9 Å². The Morgan fingerprint density at radius 2 is 1.90 bits per heavy atom. The Balaban J connectivity index is 1.96. The molecule has 1 saturated carbocycles. The van der Waals surface area contributed by atoms with Gasteiger partial charge in [0.2, 0.25) is 0 Å². The highest BCUT2D eigenvalue weighted by Gasteiger charge is 2.35. The zero-order chi connectivity index (χ0) is 14.2. The molecule has 106 valence electrons. The smallest absolute Gasteiger partial charge is 0.0897 e. The third-order valence-corrected chi connectivity index (χ3v) is 4.80. The summed E-state index contributed by atoms with van der Waals surface area (Å²) in [6.45, 7) is 4.62. The van der Waals surface area contributed by atoms with Crippen LogP contribution in [0.2, 0.25) is 0 Å². The lowest BCUT2D eigenvalue weighted by atomic mass is 9.82. The molecule has 0 spiro atoms. The van der Waals surface area contributed by atoms with Crippen molar-refractivity contribution in [3.63, 3.8) is 0 Å². The average molecular weight is 269 g/mol. The normalized spacial score (nSPS) is 26.4. The van der Waals surface area contributed by atoms with Crippen LogP contribution in [0.1, 0.15) is 51.5 Å². The molecule has 2 aromatic rings. The number of nitrogens with zero attached hydrogens (tertiary/aromatic N) is 1. The highest BCUT2D eigenvalue weighted by molar-refractivity contribution is 5.79. The Morgan fingerprint density at radius 3 is 2.75 bits per heavy atom. The zero-order valence-electron chi connectivity index (χ0n) is 12.4. The third kappa shape index (κ3) is 2.57. The molecule has 1 fully saturated rings. The summed E-state index contributed by atoms with van der Waals surface area (Å²) in [6, 6.07) is 10.2. The summed E-state index contributed by atoms with van der Waals surface area (Å²) in [6.07, 6.45) is 6.90. The Kier molecular flexibility index (Phi) is 3.29. The van der Waals surface area contributed by atoms with E-state index in [9.17, 15) is 5.11 Å². The second kappa shape index (κ2) is 4.85. The molecule has 1 aromatic carbocycles. The van der Waals surface area contributed by atoms with Gasteiger partial charge in [-0.1, -0.05) is 26.0 Å². The van der Waals surface area contributed by atoms with E-state index in [-0.39, 0.29) is 0 Å². The van der Waals surface area contributed by atoms with Gasteiger partial charge in [0, 0.05) is 11.6 Å². The second-order valence-corrected chi connectivity index (χ2v) is 6.96. The number of benzene rings is 1. The molecule has 1 N–H and O–H groups in total. The number of aliphatic hydroxyl groups is 1. The fourth-order valence-electron chi connectivity index (χ4n) is 3.31. The van der Waals surface area contributed by atoms with Gasteiger partial charge in [-0.05, 0) is 61.3 Å². The monoisotopic (exact) mass is 269 g/mol. The van der Waals surface area contributed by atoms with E-state index < -0.39 is 5.60 Å². The van der Waals surface area contributed by atoms with E-state index in [0.717, 1.165) is 42.1 Å². The quantitative estimate of drug-likeness (QED) is 0.778. The first-order valence-corrected chi connectivity index (χ1v) is 7.56. The van der Waals surface area contributed by atoms with Crippen molar-refractivity contribution in [1.29, 1.82) is 0 Å². The summed E-state index contributed by atoms with van der Waals surface area (Å²) in [5.41, 5.74) is 1.73. The van der Waals surface area contributed by atoms with Gasteiger partial charge in [0.15, 0.2) is 0 Å². The van der Waals surface area contributed by atoms with E-state index in [4.69, 9.17) is 0 Å². The van der Waals surface area contributed by atoms with Gasteiger partial charge in [0.1, 0.15) is 0 Å². The van der Waals surface area contributed by atoms with Gasteiger partial charge in [0.05, 0.1) is 11.1 Å². The summed E-state index contributed by atoms with van der Waals surface area (Å²) >= 11 is 0. The van der Waals surface area contributed by atoms with Gasteiger partial charge in [-0.3, -0.25) is 4.98 Å². The predicted molar refractivity (Wildman–Crippen MR) is 82.5 cm³/mol. The summed E-state index contributed by atoms with van der Waals surface area (Å²) in [5, 5.41) is 12.2. The van der Waals surface area contributed by atoms with Crippen molar-refractivity contribution in [3.05, 3.63) is 42.1 Å². The minimum absolute atomic E-state index is 0.350. The van der Waals surface area contributed by atoms with Crippen LogP contribution in [0.5, 0.6) is 0 Å². The SMILES string of the molecule is CC1(C)CCCC(O)(c2ccc3ncccc3c2)CC1. The largest absolute Gasteiger partial charge is 0.385 e. The molecule has 1 atom stereocenters. The molecule has 1 unspecified atom stereocenters. The Morgan fingerprint density at radius 1 is 1.05 bits per heavy atom. The molecule has 3 rings (SSSR count). The first-order valence-electron chi connectivity index (χ1n) is 7.56. The maximum absolute atomic E-state index is 11.1. The summed E-state index contributed by atoms with van der Waals surface area (Å²) in [7, 11) is 0. The number of rotatable bonds is 1. The van der Waals surface area contributed by atoms with E-state index >= 15 is 0 Å². The van der Waals surface area contributed by atoms with E-state index in [1.165, 1.54) is 6.42 Å². The third-order valence-electron chi connectivity index (χ3n) is 4.80. The number of pyridine rings is 1. The van der Waals surface area contributed by atoms with Crippen LogP contribution >= 0.6 is 0 Å². The van der Waals surface area contributed by atoms with Crippen LogP contribution in [0.4, 0.5) is 0 Å². The molecule has 20 heavy (non-hydrogen) atoms. The molecule has 2 heteroatoms. The predicted octanol–water partition coefficient (Wildman–Crippen LogP) is 4.41. The standard InChI is InChI=1S/C18H23NO/c1-17(2)8-4-9-18(20,11-10-17)15-6-7-16-14(13-15)5-3-12-19-16/h3,5-7,12-13,20H,4,8-11H2,1-2H3. The average Bonchev–Trinajstić information content (AvgIpc) is 2.58. The van der Waals surface area contributed by atoms with Crippen molar-refractivity contribution in [3.8, 4) is 0 Å². The van der Waals surface area contributed by atoms with E-state index in [0.29, 0.717) is 5.41 Å². The highest BCUT2D eigenvalue weighted by Crippen LogP contribution is 2.43. The lowest BCUT2D eigenvalue weighted by Gasteiger charge is -2.28. The van der Waals surface area contributed by atoms with Crippen LogP contribution in [-0.4, -0.2) is 10.1 Å². The molecule has 1 aromatic heterocycles. The van der Waals surface area contributed by atoms with Crippen LogP contribution in [0.15, 0.2) is 36.5 Å². The maximum Gasteiger partial charge on any atom is 0.0897 e. The topological polar surface area (TPSA) is 33.1 Å². The number of hydrogen-bond donors (Lipinski definition) is 1. The van der Waals surface area contributed by atoms with Crippen molar-refractivity contribution < 1.29 is 5.11 Å². The summed E-state index contributed by atoms with van der Waals surface area (Å²) < 4.78 is 0. The van der Waals surface area contributed by atoms with Crippen molar-refractivity contribution in [1.82, 2.24) is 4.98 Å². The molecule has 0 bridgehead atoms. The number of hydrogen-bond acceptors (Lipinski definition) is 2. The lowest BCUT2D eigenvalue weighted by Crippen LogP contribution is -2.25. The van der Waals surface area contributed by atoms with Gasteiger partial charge in [-0.25, -0.2) is 0 Å². The first kappa shape index (κ1) is 13.6. The Bertz CT molecular complexity index is 620. The molecular formula is C18H23NO. The van der Waals surface area contributed by atoms with Gasteiger partial charge >= 0.3 is 0 Å². The van der Waals surface area contributed by atoms with Crippen LogP contribution in [0, 0.1) is 5.41 Å². The van der Waals surface area contributed by atoms with Crippen molar-refractivity contribution in [2.24, 2.45) is 5.41 Å². The fourth-order valence-corrected chi connectivity index (χ4v) is 3.31. The summed E-state index contributed by atoms with van der Waals surface area (Å²) in [4.78, 5) is 4.35. The first-order chi connectivity index (χ1) is 9.49. The van der Waals surface area contributed by atoms with Crippen LogP contribution in [-0.2, 0) is 5.60 Å².